The Hall–Kier alpha value is -0.730. The first kappa shape index (κ1) is 9.49. The van der Waals surface area contributed by atoms with E-state index in [1.54, 1.807) is 0 Å². The second kappa shape index (κ2) is 3.39. The molecule has 0 saturated carbocycles. The number of alkyl halides is 1. The van der Waals surface area contributed by atoms with Crippen molar-refractivity contribution in [2.24, 2.45) is 0 Å². The second-order valence-electron chi connectivity index (χ2n) is 3.63. The SMILES string of the molecule is ClC1C=C(Br)c2c(oc3ccccc23)C1. The zero-order chi connectivity index (χ0) is 10.4. The minimum atomic E-state index is 0.0208. The van der Waals surface area contributed by atoms with E-state index in [-0.39, 0.29) is 5.38 Å². The fourth-order valence-corrected chi connectivity index (χ4v) is 3.15. The molecular weight excluding hydrogens is 275 g/mol. The quantitative estimate of drug-likeness (QED) is 0.656. The molecule has 0 bridgehead atoms. The fraction of sp³-hybridized carbons (Fsp3) is 0.167. The van der Waals surface area contributed by atoms with E-state index < -0.39 is 0 Å². The van der Waals surface area contributed by atoms with E-state index in [1.807, 2.05) is 24.3 Å². The molecule has 3 rings (SSSR count). The van der Waals surface area contributed by atoms with Crippen molar-refractivity contribution in [2.45, 2.75) is 11.8 Å². The Bertz CT molecular complexity index is 556. The molecule has 0 N–H and O–H groups in total. The van der Waals surface area contributed by atoms with Gasteiger partial charge in [0.15, 0.2) is 0 Å². The lowest BCUT2D eigenvalue weighted by molar-refractivity contribution is 0.547. The van der Waals surface area contributed by atoms with Gasteiger partial charge in [0.25, 0.3) is 0 Å². The molecule has 1 heterocycles. The molecule has 0 saturated heterocycles. The first-order valence-corrected chi connectivity index (χ1v) is 6.01. The molecular formula is C12H8BrClO. The minimum Gasteiger partial charge on any atom is -0.460 e. The van der Waals surface area contributed by atoms with Gasteiger partial charge >= 0.3 is 0 Å². The van der Waals surface area contributed by atoms with Crippen LogP contribution in [-0.2, 0) is 6.42 Å². The van der Waals surface area contributed by atoms with Crippen molar-refractivity contribution in [3.05, 3.63) is 41.7 Å². The van der Waals surface area contributed by atoms with E-state index in [1.165, 1.54) is 0 Å². The zero-order valence-corrected chi connectivity index (χ0v) is 10.2. The summed E-state index contributed by atoms with van der Waals surface area (Å²) >= 11 is 9.64. The van der Waals surface area contributed by atoms with Gasteiger partial charge in [-0.05, 0) is 6.07 Å². The van der Waals surface area contributed by atoms with Gasteiger partial charge in [-0.2, -0.15) is 0 Å². The zero-order valence-electron chi connectivity index (χ0n) is 7.84. The highest BCUT2D eigenvalue weighted by atomic mass is 79.9. The molecule has 0 radical (unpaired) electrons. The predicted molar refractivity (Wildman–Crippen MR) is 66.5 cm³/mol. The third kappa shape index (κ3) is 1.44. The molecule has 0 amide bonds. The first-order valence-electron chi connectivity index (χ1n) is 4.78. The normalized spacial score (nSPS) is 20.1. The molecule has 76 valence electrons. The van der Waals surface area contributed by atoms with Crippen LogP contribution in [0.4, 0.5) is 0 Å². The summed E-state index contributed by atoms with van der Waals surface area (Å²) in [5.41, 5.74) is 2.08. The van der Waals surface area contributed by atoms with E-state index in [2.05, 4.69) is 22.0 Å². The van der Waals surface area contributed by atoms with Crippen LogP contribution < -0.4 is 0 Å². The molecule has 1 aromatic heterocycles. The van der Waals surface area contributed by atoms with Crippen LogP contribution in [0.5, 0.6) is 0 Å². The van der Waals surface area contributed by atoms with Crippen LogP contribution in [-0.4, -0.2) is 5.38 Å². The summed E-state index contributed by atoms with van der Waals surface area (Å²) in [7, 11) is 0. The smallest absolute Gasteiger partial charge is 0.134 e. The van der Waals surface area contributed by atoms with Crippen molar-refractivity contribution in [2.75, 3.05) is 0 Å². The number of allylic oxidation sites excluding steroid dienone is 1. The monoisotopic (exact) mass is 282 g/mol. The van der Waals surface area contributed by atoms with Crippen LogP contribution in [0.2, 0.25) is 0 Å². The summed E-state index contributed by atoms with van der Waals surface area (Å²) in [4.78, 5) is 0. The molecule has 1 aliphatic carbocycles. The van der Waals surface area contributed by atoms with Crippen LogP contribution in [0.15, 0.2) is 34.8 Å². The Morgan fingerprint density at radius 3 is 3.00 bits per heavy atom. The Morgan fingerprint density at radius 2 is 2.13 bits per heavy atom. The Labute approximate surface area is 101 Å². The summed E-state index contributed by atoms with van der Waals surface area (Å²) in [5.74, 6) is 0.977. The van der Waals surface area contributed by atoms with Crippen LogP contribution in [0, 0.1) is 0 Å². The summed E-state index contributed by atoms with van der Waals surface area (Å²) in [6.07, 6.45) is 2.78. The average molecular weight is 284 g/mol. The largest absolute Gasteiger partial charge is 0.460 e. The number of rotatable bonds is 0. The maximum atomic E-state index is 6.10. The second-order valence-corrected chi connectivity index (χ2v) is 5.05. The highest BCUT2D eigenvalue weighted by Gasteiger charge is 2.22. The maximum Gasteiger partial charge on any atom is 0.134 e. The standard InChI is InChI=1S/C12H8BrClO/c13-9-5-7(14)6-11-12(9)8-3-1-2-4-10(8)15-11/h1-5,7H,6H2. The molecule has 1 nitrogen and oxygen atoms in total. The highest BCUT2D eigenvalue weighted by molar-refractivity contribution is 9.15. The van der Waals surface area contributed by atoms with Gasteiger partial charge in [0.1, 0.15) is 11.3 Å². The summed E-state index contributed by atoms with van der Waals surface area (Å²) < 4.78 is 6.81. The average Bonchev–Trinajstić information content (AvgIpc) is 2.54. The Kier molecular flexibility index (Phi) is 2.15. The molecule has 2 aromatic rings. The van der Waals surface area contributed by atoms with E-state index in [4.69, 9.17) is 16.0 Å². The molecule has 3 heteroatoms. The molecule has 1 atom stereocenters. The van der Waals surface area contributed by atoms with Gasteiger partial charge in [-0.15, -0.1) is 11.6 Å². The van der Waals surface area contributed by atoms with Crippen LogP contribution >= 0.6 is 27.5 Å². The van der Waals surface area contributed by atoms with Gasteiger partial charge in [0, 0.05) is 21.9 Å². The van der Waals surface area contributed by atoms with Crippen molar-refractivity contribution in [3.8, 4) is 0 Å². The van der Waals surface area contributed by atoms with Gasteiger partial charge in [-0.3, -0.25) is 0 Å². The van der Waals surface area contributed by atoms with Crippen molar-refractivity contribution >= 4 is 43.0 Å². The van der Waals surface area contributed by atoms with Gasteiger partial charge < -0.3 is 4.42 Å². The van der Waals surface area contributed by atoms with Gasteiger partial charge in [-0.25, -0.2) is 0 Å². The summed E-state index contributed by atoms with van der Waals surface area (Å²) in [6, 6.07) is 8.05. The number of halogens is 2. The van der Waals surface area contributed by atoms with Crippen LogP contribution in [0.3, 0.4) is 0 Å². The molecule has 0 aliphatic heterocycles. The first-order chi connectivity index (χ1) is 7.25. The summed E-state index contributed by atoms with van der Waals surface area (Å²) in [5, 5.41) is 1.17. The van der Waals surface area contributed by atoms with E-state index in [0.29, 0.717) is 0 Å². The third-order valence-corrected chi connectivity index (χ3v) is 3.56. The molecule has 0 fully saturated rings. The van der Waals surface area contributed by atoms with Crippen molar-refractivity contribution in [1.29, 1.82) is 0 Å². The number of para-hydroxylation sites is 1. The Balaban J connectivity index is 2.35. The minimum absolute atomic E-state index is 0.0208. The number of furan rings is 1. The number of hydrogen-bond acceptors (Lipinski definition) is 1. The molecule has 15 heavy (non-hydrogen) atoms. The molecule has 1 unspecified atom stereocenters. The third-order valence-electron chi connectivity index (χ3n) is 2.61. The Morgan fingerprint density at radius 1 is 1.33 bits per heavy atom. The van der Waals surface area contributed by atoms with E-state index in [0.717, 1.165) is 33.2 Å². The van der Waals surface area contributed by atoms with Crippen molar-refractivity contribution in [1.82, 2.24) is 0 Å². The highest BCUT2D eigenvalue weighted by Crippen LogP contribution is 2.39. The van der Waals surface area contributed by atoms with E-state index >= 15 is 0 Å². The topological polar surface area (TPSA) is 13.1 Å². The van der Waals surface area contributed by atoms with Gasteiger partial charge in [0.2, 0.25) is 0 Å². The van der Waals surface area contributed by atoms with E-state index in [9.17, 15) is 0 Å². The van der Waals surface area contributed by atoms with Crippen LogP contribution in [0.25, 0.3) is 15.5 Å². The molecule has 0 spiro atoms. The lowest BCUT2D eigenvalue weighted by Crippen LogP contribution is -2.05. The van der Waals surface area contributed by atoms with Crippen molar-refractivity contribution < 1.29 is 4.42 Å². The van der Waals surface area contributed by atoms with Gasteiger partial charge in [0.05, 0.1) is 5.38 Å². The van der Waals surface area contributed by atoms with Gasteiger partial charge in [-0.1, -0.05) is 40.2 Å². The molecule has 1 aliphatic rings. The van der Waals surface area contributed by atoms with Crippen molar-refractivity contribution in [3.63, 3.8) is 0 Å². The molecule has 1 aromatic carbocycles. The number of benzene rings is 1. The fourth-order valence-electron chi connectivity index (χ4n) is 1.98. The summed E-state index contributed by atoms with van der Waals surface area (Å²) in [6.45, 7) is 0. The lowest BCUT2D eigenvalue weighted by atomic mass is 10.0. The predicted octanol–water partition coefficient (Wildman–Crippen LogP) is 4.33. The number of fused-ring (bicyclic) bond motifs is 3. The maximum absolute atomic E-state index is 6.10. The number of hydrogen-bond donors (Lipinski definition) is 0. The lowest BCUT2D eigenvalue weighted by Gasteiger charge is -2.11. The van der Waals surface area contributed by atoms with Crippen LogP contribution in [0.1, 0.15) is 11.3 Å².